The van der Waals surface area contributed by atoms with Gasteiger partial charge in [-0.3, -0.25) is 14.7 Å². The summed E-state index contributed by atoms with van der Waals surface area (Å²) < 4.78 is 5.61. The van der Waals surface area contributed by atoms with Crippen molar-refractivity contribution in [1.29, 1.82) is 0 Å². The number of H-pyrrole nitrogens is 1. The van der Waals surface area contributed by atoms with Gasteiger partial charge in [-0.25, -0.2) is 4.98 Å². The number of aromatic amines is 1. The molecular formula is C16H20N4O2. The molecule has 0 bridgehead atoms. The first kappa shape index (κ1) is 14.9. The summed E-state index contributed by atoms with van der Waals surface area (Å²) in [7, 11) is 0. The van der Waals surface area contributed by atoms with E-state index in [0.717, 1.165) is 18.8 Å². The lowest BCUT2D eigenvalue weighted by Gasteiger charge is -2.35. The van der Waals surface area contributed by atoms with Crippen LogP contribution in [0.2, 0.25) is 0 Å². The third-order valence-corrected chi connectivity index (χ3v) is 3.97. The SMILES string of the molecule is Cc1nc(C2COCCN2Cc2ccncc2C)cc(=O)[nH]1. The van der Waals surface area contributed by atoms with Gasteiger partial charge in [-0.15, -0.1) is 0 Å². The molecule has 1 atom stereocenters. The van der Waals surface area contributed by atoms with E-state index in [4.69, 9.17) is 4.74 Å². The molecule has 2 aromatic heterocycles. The van der Waals surface area contributed by atoms with Gasteiger partial charge in [-0.1, -0.05) is 0 Å². The number of nitrogens with zero attached hydrogens (tertiary/aromatic N) is 3. The van der Waals surface area contributed by atoms with Crippen LogP contribution in [0.1, 0.15) is 28.7 Å². The van der Waals surface area contributed by atoms with E-state index in [2.05, 4.69) is 26.8 Å². The molecule has 22 heavy (non-hydrogen) atoms. The molecule has 0 amide bonds. The molecule has 1 unspecified atom stereocenters. The Bertz CT molecular complexity index is 713. The van der Waals surface area contributed by atoms with E-state index in [1.54, 1.807) is 13.0 Å². The van der Waals surface area contributed by atoms with E-state index in [0.29, 0.717) is 19.0 Å². The molecule has 1 aliphatic heterocycles. The predicted octanol–water partition coefficient (Wildman–Crippen LogP) is 1.36. The highest BCUT2D eigenvalue weighted by Crippen LogP contribution is 2.24. The van der Waals surface area contributed by atoms with E-state index in [1.165, 1.54) is 11.1 Å². The largest absolute Gasteiger partial charge is 0.378 e. The molecule has 0 aliphatic carbocycles. The average Bonchev–Trinajstić information content (AvgIpc) is 2.49. The first-order valence-corrected chi connectivity index (χ1v) is 7.42. The van der Waals surface area contributed by atoms with Crippen LogP contribution < -0.4 is 5.56 Å². The van der Waals surface area contributed by atoms with Crippen LogP contribution in [0.4, 0.5) is 0 Å². The molecule has 1 saturated heterocycles. The molecule has 1 N–H and O–H groups in total. The lowest BCUT2D eigenvalue weighted by Crippen LogP contribution is -2.40. The van der Waals surface area contributed by atoms with Gasteiger partial charge in [0.15, 0.2) is 0 Å². The number of morpholine rings is 1. The molecule has 0 saturated carbocycles. The Hall–Kier alpha value is -2.05. The monoisotopic (exact) mass is 300 g/mol. The Labute approximate surface area is 129 Å². The van der Waals surface area contributed by atoms with Crippen LogP contribution in [0.3, 0.4) is 0 Å². The second kappa shape index (κ2) is 6.37. The molecule has 0 spiro atoms. The van der Waals surface area contributed by atoms with Gasteiger partial charge in [-0.2, -0.15) is 0 Å². The van der Waals surface area contributed by atoms with Gasteiger partial charge >= 0.3 is 0 Å². The fourth-order valence-corrected chi connectivity index (χ4v) is 2.77. The summed E-state index contributed by atoms with van der Waals surface area (Å²) in [6, 6.07) is 3.61. The van der Waals surface area contributed by atoms with Crippen LogP contribution in [0.5, 0.6) is 0 Å². The molecule has 3 rings (SSSR count). The van der Waals surface area contributed by atoms with Gasteiger partial charge in [0.2, 0.25) is 0 Å². The normalized spacial score (nSPS) is 19.3. The third kappa shape index (κ3) is 3.23. The van der Waals surface area contributed by atoms with E-state index in [1.807, 2.05) is 18.5 Å². The topological polar surface area (TPSA) is 71.1 Å². The van der Waals surface area contributed by atoms with Crippen molar-refractivity contribution in [2.75, 3.05) is 19.8 Å². The van der Waals surface area contributed by atoms with E-state index in [9.17, 15) is 4.79 Å². The number of rotatable bonds is 3. The number of aryl methyl sites for hydroxylation is 2. The first-order valence-electron chi connectivity index (χ1n) is 7.42. The Kier molecular flexibility index (Phi) is 4.31. The van der Waals surface area contributed by atoms with Crippen molar-refractivity contribution < 1.29 is 4.74 Å². The van der Waals surface area contributed by atoms with Gasteiger partial charge < -0.3 is 9.72 Å². The maximum atomic E-state index is 11.7. The molecule has 1 fully saturated rings. The maximum Gasteiger partial charge on any atom is 0.251 e. The van der Waals surface area contributed by atoms with Crippen molar-refractivity contribution in [3.05, 3.63) is 57.5 Å². The third-order valence-electron chi connectivity index (χ3n) is 3.97. The van der Waals surface area contributed by atoms with Crippen molar-refractivity contribution in [3.8, 4) is 0 Å². The summed E-state index contributed by atoms with van der Waals surface area (Å²) in [6.07, 6.45) is 3.69. The number of pyridine rings is 1. The summed E-state index contributed by atoms with van der Waals surface area (Å²) in [5.41, 5.74) is 3.06. The quantitative estimate of drug-likeness (QED) is 0.926. The summed E-state index contributed by atoms with van der Waals surface area (Å²) in [4.78, 5) is 25.3. The minimum Gasteiger partial charge on any atom is -0.378 e. The molecule has 1 aliphatic rings. The van der Waals surface area contributed by atoms with Crippen LogP contribution in [-0.2, 0) is 11.3 Å². The van der Waals surface area contributed by atoms with Gasteiger partial charge in [0.25, 0.3) is 5.56 Å². The van der Waals surface area contributed by atoms with Crippen LogP contribution in [0, 0.1) is 13.8 Å². The number of nitrogens with one attached hydrogen (secondary N) is 1. The van der Waals surface area contributed by atoms with E-state index < -0.39 is 0 Å². The molecule has 0 radical (unpaired) electrons. The molecule has 3 heterocycles. The van der Waals surface area contributed by atoms with Crippen LogP contribution in [0.15, 0.2) is 29.3 Å². The van der Waals surface area contributed by atoms with Gasteiger partial charge in [0, 0.05) is 31.5 Å². The number of hydrogen-bond donors (Lipinski definition) is 1. The van der Waals surface area contributed by atoms with E-state index >= 15 is 0 Å². The Balaban J connectivity index is 1.88. The molecule has 6 heteroatoms. The van der Waals surface area contributed by atoms with Crippen molar-refractivity contribution in [3.63, 3.8) is 0 Å². The predicted molar refractivity (Wildman–Crippen MR) is 82.5 cm³/mol. The second-order valence-electron chi connectivity index (χ2n) is 5.62. The lowest BCUT2D eigenvalue weighted by molar-refractivity contribution is -0.0144. The molecule has 6 nitrogen and oxygen atoms in total. The summed E-state index contributed by atoms with van der Waals surface area (Å²) in [5, 5.41) is 0. The first-order chi connectivity index (χ1) is 10.6. The number of ether oxygens (including phenoxy) is 1. The summed E-state index contributed by atoms with van der Waals surface area (Å²) in [5.74, 6) is 0.633. The minimum atomic E-state index is -0.117. The standard InChI is InChI=1S/C16H20N4O2/c1-11-8-17-4-3-13(11)9-20-5-6-22-10-15(20)14-7-16(21)19-12(2)18-14/h3-4,7-8,15H,5-6,9-10H2,1-2H3,(H,18,19,21). The zero-order valence-electron chi connectivity index (χ0n) is 12.9. The van der Waals surface area contributed by atoms with Crippen LogP contribution in [-0.4, -0.2) is 39.6 Å². The molecule has 116 valence electrons. The Morgan fingerprint density at radius 1 is 1.45 bits per heavy atom. The summed E-state index contributed by atoms with van der Waals surface area (Å²) >= 11 is 0. The van der Waals surface area contributed by atoms with E-state index in [-0.39, 0.29) is 11.6 Å². The number of aromatic nitrogens is 3. The molecular weight excluding hydrogens is 280 g/mol. The highest BCUT2D eigenvalue weighted by atomic mass is 16.5. The van der Waals surface area contributed by atoms with Crippen LogP contribution in [0.25, 0.3) is 0 Å². The van der Waals surface area contributed by atoms with Crippen molar-refractivity contribution in [2.45, 2.75) is 26.4 Å². The summed E-state index contributed by atoms with van der Waals surface area (Å²) in [6.45, 7) is 6.73. The highest BCUT2D eigenvalue weighted by molar-refractivity contribution is 5.22. The highest BCUT2D eigenvalue weighted by Gasteiger charge is 2.26. The Morgan fingerprint density at radius 3 is 3.09 bits per heavy atom. The number of hydrogen-bond acceptors (Lipinski definition) is 5. The fourth-order valence-electron chi connectivity index (χ4n) is 2.77. The second-order valence-corrected chi connectivity index (χ2v) is 5.62. The zero-order chi connectivity index (χ0) is 15.5. The molecule has 0 aromatic carbocycles. The van der Waals surface area contributed by atoms with Gasteiger partial charge in [0.05, 0.1) is 24.9 Å². The minimum absolute atomic E-state index is 0.00214. The average molecular weight is 300 g/mol. The van der Waals surface area contributed by atoms with Gasteiger partial charge in [-0.05, 0) is 31.0 Å². The van der Waals surface area contributed by atoms with Gasteiger partial charge in [0.1, 0.15) is 5.82 Å². The zero-order valence-corrected chi connectivity index (χ0v) is 12.9. The fraction of sp³-hybridized carbons (Fsp3) is 0.438. The van der Waals surface area contributed by atoms with Crippen LogP contribution >= 0.6 is 0 Å². The molecule has 2 aromatic rings. The maximum absolute atomic E-state index is 11.7. The van der Waals surface area contributed by atoms with Crippen molar-refractivity contribution >= 4 is 0 Å². The Morgan fingerprint density at radius 2 is 2.32 bits per heavy atom. The van der Waals surface area contributed by atoms with Crippen molar-refractivity contribution in [2.24, 2.45) is 0 Å². The lowest BCUT2D eigenvalue weighted by atomic mass is 10.1. The smallest absolute Gasteiger partial charge is 0.251 e. The van der Waals surface area contributed by atoms with Crippen molar-refractivity contribution in [1.82, 2.24) is 19.9 Å².